The predicted molar refractivity (Wildman–Crippen MR) is 70.3 cm³/mol. The molecule has 3 nitrogen and oxygen atoms in total. The molecule has 0 spiro atoms. The number of ether oxygens (including phenoxy) is 1. The monoisotopic (exact) mass is 234 g/mol. The van der Waals surface area contributed by atoms with Crippen LogP contribution in [0.25, 0.3) is 0 Å². The second-order valence-corrected chi connectivity index (χ2v) is 4.73. The molecule has 1 fully saturated rings. The Bertz CT molecular complexity index is 337. The molecule has 1 aromatic carbocycles. The highest BCUT2D eigenvalue weighted by molar-refractivity contribution is 5.26. The molecule has 0 radical (unpaired) electrons. The van der Waals surface area contributed by atoms with E-state index in [2.05, 4.69) is 24.0 Å². The Morgan fingerprint density at radius 2 is 2.12 bits per heavy atom. The minimum Gasteiger partial charge on any atom is -0.492 e. The first-order valence-corrected chi connectivity index (χ1v) is 6.43. The molecule has 17 heavy (non-hydrogen) atoms. The summed E-state index contributed by atoms with van der Waals surface area (Å²) in [6.45, 7) is 5.75. The van der Waals surface area contributed by atoms with Crippen LogP contribution in [0.1, 0.15) is 18.4 Å². The van der Waals surface area contributed by atoms with Gasteiger partial charge in [0.25, 0.3) is 0 Å². The van der Waals surface area contributed by atoms with Crippen LogP contribution in [0.4, 0.5) is 0 Å². The van der Waals surface area contributed by atoms with E-state index >= 15 is 0 Å². The molecule has 0 amide bonds. The van der Waals surface area contributed by atoms with Crippen LogP contribution in [0.2, 0.25) is 0 Å². The van der Waals surface area contributed by atoms with Crippen LogP contribution in [0.3, 0.4) is 0 Å². The van der Waals surface area contributed by atoms with E-state index in [4.69, 9.17) is 10.5 Å². The van der Waals surface area contributed by atoms with Gasteiger partial charge in [-0.05, 0) is 38.4 Å². The van der Waals surface area contributed by atoms with Crippen molar-refractivity contribution in [2.24, 2.45) is 5.73 Å². The van der Waals surface area contributed by atoms with Crippen molar-refractivity contribution in [3.63, 3.8) is 0 Å². The highest BCUT2D eigenvalue weighted by Crippen LogP contribution is 2.16. The summed E-state index contributed by atoms with van der Waals surface area (Å²) in [7, 11) is 0. The molecule has 1 aliphatic rings. The van der Waals surface area contributed by atoms with Gasteiger partial charge in [0.15, 0.2) is 0 Å². The van der Waals surface area contributed by atoms with E-state index in [0.717, 1.165) is 25.4 Å². The van der Waals surface area contributed by atoms with Gasteiger partial charge in [-0.2, -0.15) is 0 Å². The molecule has 94 valence electrons. The van der Waals surface area contributed by atoms with E-state index in [0.29, 0.717) is 6.04 Å². The number of hydrogen-bond acceptors (Lipinski definition) is 3. The summed E-state index contributed by atoms with van der Waals surface area (Å²) in [6, 6.07) is 8.78. The van der Waals surface area contributed by atoms with Gasteiger partial charge >= 0.3 is 0 Å². The zero-order valence-corrected chi connectivity index (χ0v) is 10.6. The van der Waals surface area contributed by atoms with Crippen molar-refractivity contribution < 1.29 is 4.74 Å². The maximum absolute atomic E-state index is 5.74. The van der Waals surface area contributed by atoms with Gasteiger partial charge in [-0.3, -0.25) is 4.90 Å². The van der Waals surface area contributed by atoms with Gasteiger partial charge < -0.3 is 10.5 Å². The van der Waals surface area contributed by atoms with E-state index in [1.165, 1.54) is 24.9 Å². The highest BCUT2D eigenvalue weighted by atomic mass is 16.5. The quantitative estimate of drug-likeness (QED) is 0.844. The maximum Gasteiger partial charge on any atom is 0.119 e. The van der Waals surface area contributed by atoms with Gasteiger partial charge in [-0.25, -0.2) is 0 Å². The normalized spacial score (nSPS) is 20.7. The molecule has 1 aliphatic heterocycles. The molecule has 1 heterocycles. The number of benzene rings is 1. The van der Waals surface area contributed by atoms with Crippen LogP contribution < -0.4 is 10.5 Å². The summed E-state index contributed by atoms with van der Waals surface area (Å²) < 4.78 is 5.73. The molecule has 1 unspecified atom stereocenters. The molecular weight excluding hydrogens is 212 g/mol. The topological polar surface area (TPSA) is 38.5 Å². The summed E-state index contributed by atoms with van der Waals surface area (Å²) in [5.41, 5.74) is 7.01. The Balaban J connectivity index is 1.74. The van der Waals surface area contributed by atoms with Crippen molar-refractivity contribution in [1.82, 2.24) is 4.90 Å². The average Bonchev–Trinajstić information content (AvgIpc) is 2.79. The van der Waals surface area contributed by atoms with Crippen LogP contribution in [0.5, 0.6) is 5.75 Å². The van der Waals surface area contributed by atoms with Crippen molar-refractivity contribution in [2.45, 2.75) is 25.8 Å². The van der Waals surface area contributed by atoms with Gasteiger partial charge in [0.1, 0.15) is 12.4 Å². The van der Waals surface area contributed by atoms with Crippen molar-refractivity contribution in [2.75, 3.05) is 26.2 Å². The molecule has 1 saturated heterocycles. The zero-order chi connectivity index (χ0) is 12.1. The molecule has 2 rings (SSSR count). The molecule has 1 atom stereocenters. The fraction of sp³-hybridized carbons (Fsp3) is 0.571. The standard InChI is InChI=1S/C14H22N2O/c1-12-4-6-14(7-5-12)17-10-9-16-8-2-3-13(16)11-15/h4-7,13H,2-3,8-11,15H2,1H3. The smallest absolute Gasteiger partial charge is 0.119 e. The van der Waals surface area contributed by atoms with Gasteiger partial charge in [0.2, 0.25) is 0 Å². The van der Waals surface area contributed by atoms with Crippen LogP contribution in [0, 0.1) is 6.92 Å². The average molecular weight is 234 g/mol. The van der Waals surface area contributed by atoms with Gasteiger partial charge in [-0.15, -0.1) is 0 Å². The van der Waals surface area contributed by atoms with E-state index in [1.807, 2.05) is 12.1 Å². The second-order valence-electron chi connectivity index (χ2n) is 4.73. The Morgan fingerprint density at radius 3 is 2.82 bits per heavy atom. The summed E-state index contributed by atoms with van der Waals surface area (Å²) in [5, 5.41) is 0. The highest BCUT2D eigenvalue weighted by Gasteiger charge is 2.22. The summed E-state index contributed by atoms with van der Waals surface area (Å²) in [4.78, 5) is 2.44. The van der Waals surface area contributed by atoms with Gasteiger partial charge in [0, 0.05) is 19.1 Å². The first kappa shape index (κ1) is 12.4. The first-order valence-electron chi connectivity index (χ1n) is 6.43. The lowest BCUT2D eigenvalue weighted by molar-refractivity contribution is 0.199. The fourth-order valence-electron chi connectivity index (χ4n) is 2.37. The van der Waals surface area contributed by atoms with Crippen molar-refractivity contribution in [3.8, 4) is 5.75 Å². The number of nitrogens with two attached hydrogens (primary N) is 1. The minimum atomic E-state index is 0.566. The summed E-state index contributed by atoms with van der Waals surface area (Å²) in [5.74, 6) is 0.957. The van der Waals surface area contributed by atoms with E-state index in [1.54, 1.807) is 0 Å². The van der Waals surface area contributed by atoms with E-state index in [-0.39, 0.29) is 0 Å². The Hall–Kier alpha value is -1.06. The zero-order valence-electron chi connectivity index (χ0n) is 10.6. The molecule has 2 N–H and O–H groups in total. The Labute approximate surface area is 104 Å². The van der Waals surface area contributed by atoms with E-state index < -0.39 is 0 Å². The summed E-state index contributed by atoms with van der Waals surface area (Å²) >= 11 is 0. The molecule has 0 aromatic heterocycles. The number of hydrogen-bond donors (Lipinski definition) is 1. The predicted octanol–water partition coefficient (Wildman–Crippen LogP) is 1.80. The van der Waals surface area contributed by atoms with Crippen LogP contribution >= 0.6 is 0 Å². The molecule has 0 aliphatic carbocycles. The number of likely N-dealkylation sites (tertiary alicyclic amines) is 1. The third kappa shape index (κ3) is 3.45. The van der Waals surface area contributed by atoms with Gasteiger partial charge in [0.05, 0.1) is 0 Å². The molecule has 0 bridgehead atoms. The second kappa shape index (κ2) is 6.03. The van der Waals surface area contributed by atoms with Crippen molar-refractivity contribution >= 4 is 0 Å². The number of rotatable bonds is 5. The minimum absolute atomic E-state index is 0.566. The number of aryl methyl sites for hydroxylation is 1. The maximum atomic E-state index is 5.74. The lowest BCUT2D eigenvalue weighted by atomic mass is 10.2. The largest absolute Gasteiger partial charge is 0.492 e. The van der Waals surface area contributed by atoms with Crippen molar-refractivity contribution in [1.29, 1.82) is 0 Å². The Morgan fingerprint density at radius 1 is 1.35 bits per heavy atom. The SMILES string of the molecule is Cc1ccc(OCCN2CCCC2CN)cc1. The first-order chi connectivity index (χ1) is 8.29. The van der Waals surface area contributed by atoms with Crippen LogP contribution in [-0.2, 0) is 0 Å². The number of nitrogens with zero attached hydrogens (tertiary/aromatic N) is 1. The lowest BCUT2D eigenvalue weighted by Gasteiger charge is -2.22. The lowest BCUT2D eigenvalue weighted by Crippen LogP contribution is -2.37. The molecule has 1 aromatic rings. The third-order valence-electron chi connectivity index (χ3n) is 3.44. The van der Waals surface area contributed by atoms with E-state index in [9.17, 15) is 0 Å². The van der Waals surface area contributed by atoms with Crippen molar-refractivity contribution in [3.05, 3.63) is 29.8 Å². The van der Waals surface area contributed by atoms with Gasteiger partial charge in [-0.1, -0.05) is 17.7 Å². The Kier molecular flexibility index (Phi) is 4.40. The third-order valence-corrected chi connectivity index (χ3v) is 3.44. The molecular formula is C14H22N2O. The molecule has 3 heteroatoms. The van der Waals surface area contributed by atoms with Crippen LogP contribution in [-0.4, -0.2) is 37.2 Å². The summed E-state index contributed by atoms with van der Waals surface area (Å²) in [6.07, 6.45) is 2.51. The molecule has 0 saturated carbocycles. The fourth-order valence-corrected chi connectivity index (χ4v) is 2.37. The van der Waals surface area contributed by atoms with Crippen LogP contribution in [0.15, 0.2) is 24.3 Å².